The molecule has 34 heavy (non-hydrogen) atoms. The zero-order valence-corrected chi connectivity index (χ0v) is 22.6. The maximum Gasteiger partial charge on any atom is 0.307 e. The molecule has 1 aliphatic heterocycles. The summed E-state index contributed by atoms with van der Waals surface area (Å²) < 4.78 is 33.9. The van der Waals surface area contributed by atoms with Crippen molar-refractivity contribution >= 4 is 14.0 Å². The van der Waals surface area contributed by atoms with Crippen LogP contribution in [0, 0.1) is 0 Å². The van der Waals surface area contributed by atoms with E-state index in [0.717, 1.165) is 11.1 Å². The number of methoxy groups -OCH3 is 3. The number of fused-ring (bicyclic) bond motifs is 1. The molecule has 1 heterocycles. The van der Waals surface area contributed by atoms with Gasteiger partial charge in [0.25, 0.3) is 0 Å². The van der Waals surface area contributed by atoms with E-state index in [1.165, 1.54) is 0 Å². The van der Waals surface area contributed by atoms with Gasteiger partial charge in [0.1, 0.15) is 5.60 Å². The summed E-state index contributed by atoms with van der Waals surface area (Å²) in [6.45, 7) is 12.4. The third kappa shape index (κ3) is 5.43. The van der Waals surface area contributed by atoms with Gasteiger partial charge in [-0.2, -0.15) is 0 Å². The van der Waals surface area contributed by atoms with Gasteiger partial charge in [0.2, 0.25) is 12.5 Å². The van der Waals surface area contributed by atoms with E-state index in [1.807, 2.05) is 51.1 Å². The van der Waals surface area contributed by atoms with Gasteiger partial charge in [0, 0.05) is 5.92 Å². The van der Waals surface area contributed by atoms with Gasteiger partial charge in [-0.15, -0.1) is 0 Å². The van der Waals surface area contributed by atoms with Crippen molar-refractivity contribution in [3.63, 3.8) is 0 Å². The number of carbonyl (C=O) groups is 1. The number of hydrogen-bond acceptors (Lipinski definition) is 7. The summed E-state index contributed by atoms with van der Waals surface area (Å²) >= 11 is 0. The molecule has 8 heteroatoms. The van der Waals surface area contributed by atoms with Gasteiger partial charge in [-0.3, -0.25) is 4.79 Å². The van der Waals surface area contributed by atoms with Crippen molar-refractivity contribution in [1.29, 1.82) is 0 Å². The van der Waals surface area contributed by atoms with Gasteiger partial charge in [-0.1, -0.05) is 25.7 Å². The molecule has 0 aromatic heterocycles. The van der Waals surface area contributed by atoms with Gasteiger partial charge < -0.3 is 28.4 Å². The van der Waals surface area contributed by atoms with Crippen LogP contribution < -0.4 is 23.7 Å². The molecule has 3 rings (SSSR count). The van der Waals surface area contributed by atoms with Gasteiger partial charge in [-0.05, 0) is 56.2 Å². The first-order chi connectivity index (χ1) is 15.9. The van der Waals surface area contributed by atoms with Crippen LogP contribution in [0.5, 0.6) is 28.7 Å². The highest BCUT2D eigenvalue weighted by molar-refractivity contribution is 6.80. The highest BCUT2D eigenvalue weighted by Gasteiger charge is 2.44. The third-order valence-corrected chi connectivity index (χ3v) is 8.16. The second-order valence-corrected chi connectivity index (χ2v) is 15.8. The predicted molar refractivity (Wildman–Crippen MR) is 133 cm³/mol. The van der Waals surface area contributed by atoms with Gasteiger partial charge in [-0.25, -0.2) is 0 Å². The lowest BCUT2D eigenvalue weighted by Crippen LogP contribution is -2.41. The molecular weight excluding hydrogens is 452 g/mol. The van der Waals surface area contributed by atoms with E-state index in [4.69, 9.17) is 28.4 Å². The first-order valence-electron chi connectivity index (χ1n) is 11.3. The SMILES string of the molecule is COc1cc(C(c2ccc3c(c2)OCO3)C(C(=O)OC(C)(C)C)[Si](C)(C)C)cc(OC)c1OC. The van der Waals surface area contributed by atoms with E-state index in [-0.39, 0.29) is 18.7 Å². The molecule has 2 aromatic carbocycles. The minimum absolute atomic E-state index is 0.178. The van der Waals surface area contributed by atoms with E-state index in [0.29, 0.717) is 28.7 Å². The van der Waals surface area contributed by atoms with Crippen molar-refractivity contribution in [3.8, 4) is 28.7 Å². The first kappa shape index (κ1) is 25.7. The molecule has 0 N–H and O–H groups in total. The minimum atomic E-state index is -2.14. The van der Waals surface area contributed by atoms with Crippen LogP contribution in [0.2, 0.25) is 25.2 Å². The Labute approximate surface area is 203 Å². The van der Waals surface area contributed by atoms with E-state index >= 15 is 0 Å². The van der Waals surface area contributed by atoms with Crippen LogP contribution in [0.4, 0.5) is 0 Å². The number of esters is 1. The zero-order chi connectivity index (χ0) is 25.3. The molecule has 0 saturated heterocycles. The smallest absolute Gasteiger partial charge is 0.307 e. The summed E-state index contributed by atoms with van der Waals surface area (Å²) in [6, 6.07) is 9.65. The monoisotopic (exact) mass is 488 g/mol. The lowest BCUT2D eigenvalue weighted by atomic mass is 9.87. The van der Waals surface area contributed by atoms with Crippen LogP contribution in [0.25, 0.3) is 0 Å². The van der Waals surface area contributed by atoms with E-state index in [9.17, 15) is 4.79 Å². The second-order valence-electron chi connectivity index (χ2n) is 10.4. The maximum absolute atomic E-state index is 13.7. The minimum Gasteiger partial charge on any atom is -0.493 e. The summed E-state index contributed by atoms with van der Waals surface area (Å²) in [6.07, 6.45) is 0. The van der Waals surface area contributed by atoms with Crippen molar-refractivity contribution in [1.82, 2.24) is 0 Å². The molecule has 186 valence electrons. The Bertz CT molecular complexity index is 1010. The summed E-state index contributed by atoms with van der Waals surface area (Å²) in [5, 5.41) is 0. The summed E-state index contributed by atoms with van der Waals surface area (Å²) in [7, 11) is 2.60. The quantitative estimate of drug-likeness (QED) is 0.352. The molecular formula is C26H36O7Si. The van der Waals surface area contributed by atoms with Crippen LogP contribution in [0.15, 0.2) is 30.3 Å². The number of carbonyl (C=O) groups excluding carboxylic acids is 1. The molecule has 2 aromatic rings. The molecule has 0 fully saturated rings. The average Bonchev–Trinajstić information content (AvgIpc) is 3.21. The van der Waals surface area contributed by atoms with Crippen molar-refractivity contribution in [2.75, 3.05) is 28.1 Å². The summed E-state index contributed by atoms with van der Waals surface area (Å²) in [5.41, 5.74) is 0.794. The molecule has 0 aliphatic carbocycles. The Morgan fingerprint density at radius 3 is 1.97 bits per heavy atom. The van der Waals surface area contributed by atoms with Gasteiger partial charge in [0.15, 0.2) is 23.0 Å². The van der Waals surface area contributed by atoms with Crippen LogP contribution in [-0.2, 0) is 9.53 Å². The Balaban J connectivity index is 2.27. The van der Waals surface area contributed by atoms with Crippen LogP contribution in [0.3, 0.4) is 0 Å². The lowest BCUT2D eigenvalue weighted by Gasteiger charge is -2.37. The van der Waals surface area contributed by atoms with E-state index in [2.05, 4.69) is 19.6 Å². The van der Waals surface area contributed by atoms with Crippen LogP contribution in [0.1, 0.15) is 37.8 Å². The van der Waals surface area contributed by atoms with Crippen molar-refractivity contribution < 1.29 is 33.2 Å². The number of benzene rings is 2. The lowest BCUT2D eigenvalue weighted by molar-refractivity contribution is -0.155. The number of rotatable bonds is 8. The molecule has 1 aliphatic rings. The third-order valence-electron chi connectivity index (χ3n) is 5.73. The second kappa shape index (κ2) is 9.78. The fraction of sp³-hybridized carbons (Fsp3) is 0.500. The van der Waals surface area contributed by atoms with Crippen LogP contribution >= 0.6 is 0 Å². The number of ether oxygens (including phenoxy) is 6. The highest BCUT2D eigenvalue weighted by Crippen LogP contribution is 2.49. The van der Waals surface area contributed by atoms with Crippen molar-refractivity contribution in [3.05, 3.63) is 41.5 Å². The molecule has 0 saturated carbocycles. The fourth-order valence-electron chi connectivity index (χ4n) is 4.32. The molecule has 0 bridgehead atoms. The van der Waals surface area contributed by atoms with E-state index < -0.39 is 19.2 Å². The standard InChI is InChI=1S/C26H36O7Si/c1-26(2,3)33-25(27)24(34(7,8)9)22(16-10-11-18-19(12-16)32-15-31-18)17-13-20(28-4)23(30-6)21(14-17)29-5/h10-14,22,24H,15H2,1-9H3. The molecule has 7 nitrogen and oxygen atoms in total. The molecule has 0 spiro atoms. The molecule has 0 amide bonds. The number of hydrogen-bond donors (Lipinski definition) is 0. The Hall–Kier alpha value is -2.87. The normalized spacial score (nSPS) is 14.9. The Morgan fingerprint density at radius 1 is 0.882 bits per heavy atom. The summed E-state index contributed by atoms with van der Waals surface area (Å²) in [5.74, 6) is 2.36. The van der Waals surface area contributed by atoms with Crippen LogP contribution in [-0.4, -0.2) is 47.8 Å². The summed E-state index contributed by atoms with van der Waals surface area (Å²) in [4.78, 5) is 13.7. The van der Waals surface area contributed by atoms with Crippen molar-refractivity contribution in [2.24, 2.45) is 0 Å². The zero-order valence-electron chi connectivity index (χ0n) is 21.6. The largest absolute Gasteiger partial charge is 0.493 e. The predicted octanol–water partition coefficient (Wildman–Crippen LogP) is 5.62. The first-order valence-corrected chi connectivity index (χ1v) is 14.9. The molecule has 2 unspecified atom stereocenters. The Kier molecular flexibility index (Phi) is 7.40. The topological polar surface area (TPSA) is 72.5 Å². The van der Waals surface area contributed by atoms with Gasteiger partial charge >= 0.3 is 5.97 Å². The van der Waals surface area contributed by atoms with Gasteiger partial charge in [0.05, 0.1) is 34.9 Å². The maximum atomic E-state index is 13.7. The van der Waals surface area contributed by atoms with Crippen molar-refractivity contribution in [2.45, 2.75) is 57.5 Å². The molecule has 0 radical (unpaired) electrons. The van der Waals surface area contributed by atoms with E-state index in [1.54, 1.807) is 21.3 Å². The Morgan fingerprint density at radius 2 is 1.47 bits per heavy atom. The molecule has 2 atom stereocenters. The fourth-order valence-corrected chi connectivity index (χ4v) is 6.47. The average molecular weight is 489 g/mol. The highest BCUT2D eigenvalue weighted by atomic mass is 28.3.